The van der Waals surface area contributed by atoms with Crippen LogP contribution in [0.4, 0.5) is 0 Å². The highest BCUT2D eigenvalue weighted by atomic mass is 32.1. The Morgan fingerprint density at radius 3 is 3.00 bits per heavy atom. The molecule has 0 aromatic carbocycles. The Balaban J connectivity index is 1.78. The van der Waals surface area contributed by atoms with Crippen molar-refractivity contribution in [3.05, 3.63) is 34.3 Å². The molecular formula is C10H14N4S. The highest BCUT2D eigenvalue weighted by Crippen LogP contribution is 2.12. The summed E-state index contributed by atoms with van der Waals surface area (Å²) >= 11 is 1.77. The summed E-state index contributed by atoms with van der Waals surface area (Å²) in [5.41, 5.74) is 0. The normalized spacial score (nSPS) is 10.7. The van der Waals surface area contributed by atoms with Gasteiger partial charge in [-0.25, -0.2) is 9.97 Å². The van der Waals surface area contributed by atoms with E-state index >= 15 is 0 Å². The molecule has 15 heavy (non-hydrogen) atoms. The predicted molar refractivity (Wildman–Crippen MR) is 60.6 cm³/mol. The molecule has 2 rings (SSSR count). The zero-order chi connectivity index (χ0) is 10.5. The maximum Gasteiger partial charge on any atom is 0.120 e. The Morgan fingerprint density at radius 1 is 1.40 bits per heavy atom. The number of hydrogen-bond donors (Lipinski definition) is 2. The van der Waals surface area contributed by atoms with Crippen LogP contribution in [0.3, 0.4) is 0 Å². The molecule has 0 aliphatic carbocycles. The number of thiazole rings is 1. The van der Waals surface area contributed by atoms with Gasteiger partial charge in [-0.2, -0.15) is 0 Å². The van der Waals surface area contributed by atoms with E-state index in [1.165, 1.54) is 9.88 Å². The number of aromatic nitrogens is 3. The van der Waals surface area contributed by atoms with E-state index in [0.29, 0.717) is 0 Å². The van der Waals surface area contributed by atoms with Crippen LogP contribution in [-0.4, -0.2) is 15.0 Å². The summed E-state index contributed by atoms with van der Waals surface area (Å²) in [5.74, 6) is 0.968. The molecule has 0 unspecified atom stereocenters. The first-order chi connectivity index (χ1) is 7.38. The molecule has 2 aromatic heterocycles. The Hall–Kier alpha value is -1.20. The van der Waals surface area contributed by atoms with Crippen molar-refractivity contribution in [2.45, 2.75) is 26.4 Å². The SMILES string of the molecule is CCc1ncc(CNCc2ncc[nH]2)s1. The van der Waals surface area contributed by atoms with E-state index < -0.39 is 0 Å². The molecule has 0 fully saturated rings. The minimum absolute atomic E-state index is 0.770. The van der Waals surface area contributed by atoms with E-state index in [0.717, 1.165) is 25.3 Å². The summed E-state index contributed by atoms with van der Waals surface area (Å²) in [6, 6.07) is 0. The number of nitrogens with one attached hydrogen (secondary N) is 2. The minimum atomic E-state index is 0.770. The number of aryl methyl sites for hydroxylation is 1. The molecule has 2 aromatic rings. The van der Waals surface area contributed by atoms with Crippen LogP contribution < -0.4 is 5.32 Å². The summed E-state index contributed by atoms with van der Waals surface area (Å²) in [4.78, 5) is 12.8. The van der Waals surface area contributed by atoms with Crippen LogP contribution in [-0.2, 0) is 19.5 Å². The van der Waals surface area contributed by atoms with Gasteiger partial charge in [0.2, 0.25) is 0 Å². The average molecular weight is 222 g/mol. The van der Waals surface area contributed by atoms with Gasteiger partial charge in [-0.1, -0.05) is 6.92 Å². The van der Waals surface area contributed by atoms with Crippen molar-refractivity contribution in [3.63, 3.8) is 0 Å². The van der Waals surface area contributed by atoms with Crippen molar-refractivity contribution in [2.75, 3.05) is 0 Å². The van der Waals surface area contributed by atoms with Gasteiger partial charge in [-0.15, -0.1) is 11.3 Å². The molecule has 0 aliphatic rings. The van der Waals surface area contributed by atoms with Crippen molar-refractivity contribution in [3.8, 4) is 0 Å². The first-order valence-electron chi connectivity index (χ1n) is 5.01. The lowest BCUT2D eigenvalue weighted by Crippen LogP contribution is -2.12. The number of imidazole rings is 1. The van der Waals surface area contributed by atoms with E-state index in [-0.39, 0.29) is 0 Å². The van der Waals surface area contributed by atoms with E-state index in [2.05, 4.69) is 27.2 Å². The molecule has 0 saturated carbocycles. The van der Waals surface area contributed by atoms with Gasteiger partial charge in [0.05, 0.1) is 11.6 Å². The highest BCUT2D eigenvalue weighted by Gasteiger charge is 2.00. The Morgan fingerprint density at radius 2 is 2.33 bits per heavy atom. The third-order valence-electron chi connectivity index (χ3n) is 2.05. The molecule has 2 heterocycles. The molecule has 0 spiro atoms. The lowest BCUT2D eigenvalue weighted by atomic mass is 10.5. The Bertz CT molecular complexity index is 393. The summed E-state index contributed by atoms with van der Waals surface area (Å²) in [7, 11) is 0. The van der Waals surface area contributed by atoms with E-state index in [4.69, 9.17) is 0 Å². The molecular weight excluding hydrogens is 208 g/mol. The van der Waals surface area contributed by atoms with Gasteiger partial charge in [0.15, 0.2) is 0 Å². The fourth-order valence-electron chi connectivity index (χ4n) is 1.29. The molecule has 0 aliphatic heterocycles. The third-order valence-corrected chi connectivity index (χ3v) is 3.19. The zero-order valence-electron chi connectivity index (χ0n) is 8.66. The molecule has 0 amide bonds. The van der Waals surface area contributed by atoms with Gasteiger partial charge in [0.1, 0.15) is 5.82 Å². The van der Waals surface area contributed by atoms with E-state index in [1.807, 2.05) is 12.4 Å². The molecule has 2 N–H and O–H groups in total. The van der Waals surface area contributed by atoms with Crippen molar-refractivity contribution >= 4 is 11.3 Å². The minimum Gasteiger partial charge on any atom is -0.348 e. The second-order valence-corrected chi connectivity index (χ2v) is 4.41. The fraction of sp³-hybridized carbons (Fsp3) is 0.400. The Kier molecular flexibility index (Phi) is 3.47. The lowest BCUT2D eigenvalue weighted by molar-refractivity contribution is 0.674. The van der Waals surface area contributed by atoms with Gasteiger partial charge >= 0.3 is 0 Å². The van der Waals surface area contributed by atoms with E-state index in [9.17, 15) is 0 Å². The van der Waals surface area contributed by atoms with Gasteiger partial charge in [-0.05, 0) is 6.42 Å². The standard InChI is InChI=1S/C10H14N4S/c1-2-10-14-6-8(15-10)5-11-7-9-12-3-4-13-9/h3-4,6,11H,2,5,7H2,1H3,(H,12,13). The molecule has 80 valence electrons. The number of hydrogen-bond acceptors (Lipinski definition) is 4. The number of nitrogens with zero attached hydrogens (tertiary/aromatic N) is 2. The van der Waals surface area contributed by atoms with Gasteiger partial charge in [-0.3, -0.25) is 0 Å². The highest BCUT2D eigenvalue weighted by molar-refractivity contribution is 7.11. The molecule has 0 radical (unpaired) electrons. The van der Waals surface area contributed by atoms with Crippen LogP contribution in [0, 0.1) is 0 Å². The van der Waals surface area contributed by atoms with Crippen molar-refractivity contribution in [2.24, 2.45) is 0 Å². The second kappa shape index (κ2) is 5.04. The van der Waals surface area contributed by atoms with Crippen LogP contribution >= 0.6 is 11.3 Å². The lowest BCUT2D eigenvalue weighted by Gasteiger charge is -1.98. The third kappa shape index (κ3) is 2.87. The largest absolute Gasteiger partial charge is 0.348 e. The van der Waals surface area contributed by atoms with Crippen LogP contribution in [0.1, 0.15) is 22.6 Å². The smallest absolute Gasteiger partial charge is 0.120 e. The predicted octanol–water partition coefficient (Wildman–Crippen LogP) is 1.72. The molecule has 0 saturated heterocycles. The zero-order valence-corrected chi connectivity index (χ0v) is 9.47. The first-order valence-corrected chi connectivity index (χ1v) is 5.82. The van der Waals surface area contributed by atoms with Crippen LogP contribution in [0.15, 0.2) is 18.6 Å². The molecule has 0 bridgehead atoms. The monoisotopic (exact) mass is 222 g/mol. The maximum atomic E-state index is 4.31. The van der Waals surface area contributed by atoms with Gasteiger partial charge in [0.25, 0.3) is 0 Å². The molecule has 5 heteroatoms. The van der Waals surface area contributed by atoms with Gasteiger partial charge in [0, 0.05) is 30.0 Å². The first kappa shape index (κ1) is 10.3. The summed E-state index contributed by atoms with van der Waals surface area (Å²) in [5, 5.41) is 4.52. The maximum absolute atomic E-state index is 4.31. The number of rotatable bonds is 5. The topological polar surface area (TPSA) is 53.6 Å². The quantitative estimate of drug-likeness (QED) is 0.810. The summed E-state index contributed by atoms with van der Waals surface area (Å²) in [6.07, 6.45) is 6.55. The van der Waals surface area contributed by atoms with Crippen LogP contribution in [0.2, 0.25) is 0 Å². The second-order valence-electron chi connectivity index (χ2n) is 3.21. The van der Waals surface area contributed by atoms with Crippen molar-refractivity contribution in [1.82, 2.24) is 20.3 Å². The van der Waals surface area contributed by atoms with Crippen molar-refractivity contribution in [1.29, 1.82) is 0 Å². The molecule has 4 nitrogen and oxygen atoms in total. The van der Waals surface area contributed by atoms with Crippen molar-refractivity contribution < 1.29 is 0 Å². The summed E-state index contributed by atoms with van der Waals surface area (Å²) < 4.78 is 0. The molecule has 0 atom stereocenters. The van der Waals surface area contributed by atoms with Gasteiger partial charge < -0.3 is 10.3 Å². The average Bonchev–Trinajstić information content (AvgIpc) is 2.88. The fourth-order valence-corrected chi connectivity index (χ4v) is 2.12. The van der Waals surface area contributed by atoms with Crippen LogP contribution in [0.5, 0.6) is 0 Å². The summed E-state index contributed by atoms with van der Waals surface area (Å²) in [6.45, 7) is 3.75. The Labute approximate surface area is 92.8 Å². The number of aromatic amines is 1. The number of H-pyrrole nitrogens is 1. The van der Waals surface area contributed by atoms with E-state index in [1.54, 1.807) is 17.5 Å². The van der Waals surface area contributed by atoms with Crippen LogP contribution in [0.25, 0.3) is 0 Å².